The fourth-order valence-corrected chi connectivity index (χ4v) is 2.54. The monoisotopic (exact) mass is 375 g/mol. The van der Waals surface area contributed by atoms with Gasteiger partial charge in [-0.25, -0.2) is 9.07 Å². The number of hydrogen-bond acceptors (Lipinski definition) is 4. The highest BCUT2D eigenvalue weighted by Crippen LogP contribution is 2.17. The van der Waals surface area contributed by atoms with Gasteiger partial charge < -0.3 is 10.6 Å². The number of nitriles is 1. The first-order valence-electron chi connectivity index (χ1n) is 8.66. The van der Waals surface area contributed by atoms with Crippen LogP contribution < -0.4 is 10.6 Å². The van der Waals surface area contributed by atoms with Gasteiger partial charge in [0, 0.05) is 30.9 Å². The molecule has 0 unspecified atom stereocenters. The van der Waals surface area contributed by atoms with E-state index in [1.165, 1.54) is 18.2 Å². The molecule has 28 heavy (non-hydrogen) atoms. The average Bonchev–Trinajstić information content (AvgIpc) is 3.19. The standard InChI is InChI=1S/C21H18FN5O/c22-19-7-4-8-20(18(19)13-23)24-11-12-25-21(28)10-9-16-14-26-27(15-16)17-5-2-1-3-6-17/h1-10,14-15,24H,11-12H2,(H,25,28). The van der Waals surface area contributed by atoms with E-state index in [0.717, 1.165) is 11.3 Å². The first-order valence-corrected chi connectivity index (χ1v) is 8.66. The van der Waals surface area contributed by atoms with Crippen LogP contribution in [0.4, 0.5) is 10.1 Å². The lowest BCUT2D eigenvalue weighted by molar-refractivity contribution is -0.116. The maximum absolute atomic E-state index is 13.5. The SMILES string of the molecule is N#Cc1c(F)cccc1NCCNC(=O)C=Cc1cnn(-c2ccccc2)c1. The summed E-state index contributed by atoms with van der Waals surface area (Å²) in [7, 11) is 0. The van der Waals surface area contributed by atoms with Gasteiger partial charge in [-0.05, 0) is 30.3 Å². The summed E-state index contributed by atoms with van der Waals surface area (Å²) in [5, 5.41) is 18.9. The van der Waals surface area contributed by atoms with Crippen molar-refractivity contribution in [3.8, 4) is 11.8 Å². The summed E-state index contributed by atoms with van der Waals surface area (Å²) in [6.07, 6.45) is 6.60. The topological polar surface area (TPSA) is 82.7 Å². The Balaban J connectivity index is 1.47. The normalized spacial score (nSPS) is 10.6. The summed E-state index contributed by atoms with van der Waals surface area (Å²) in [6, 6.07) is 15.9. The molecule has 0 aliphatic carbocycles. The fraction of sp³-hybridized carbons (Fsp3) is 0.0952. The number of carbonyl (C=O) groups is 1. The number of amides is 1. The van der Waals surface area contributed by atoms with Gasteiger partial charge in [0.25, 0.3) is 0 Å². The van der Waals surface area contributed by atoms with Crippen LogP contribution in [0.15, 0.2) is 67.0 Å². The Morgan fingerprint density at radius 3 is 2.79 bits per heavy atom. The highest BCUT2D eigenvalue weighted by Gasteiger charge is 2.06. The van der Waals surface area contributed by atoms with Crippen LogP contribution >= 0.6 is 0 Å². The van der Waals surface area contributed by atoms with E-state index >= 15 is 0 Å². The van der Waals surface area contributed by atoms with Crippen LogP contribution in [-0.2, 0) is 4.79 Å². The van der Waals surface area contributed by atoms with Gasteiger partial charge in [0.15, 0.2) is 0 Å². The van der Waals surface area contributed by atoms with Gasteiger partial charge in [0.1, 0.15) is 17.4 Å². The molecule has 0 aliphatic heterocycles. The molecular weight excluding hydrogens is 357 g/mol. The molecule has 2 N–H and O–H groups in total. The molecule has 0 atom stereocenters. The van der Waals surface area contributed by atoms with E-state index in [4.69, 9.17) is 5.26 Å². The largest absolute Gasteiger partial charge is 0.382 e. The Bertz CT molecular complexity index is 1020. The smallest absolute Gasteiger partial charge is 0.244 e. The average molecular weight is 375 g/mol. The second-order valence-corrected chi connectivity index (χ2v) is 5.88. The Hall–Kier alpha value is -3.92. The minimum absolute atomic E-state index is 0.0378. The molecular formula is C21H18FN5O. The van der Waals surface area contributed by atoms with E-state index in [1.54, 1.807) is 23.0 Å². The number of anilines is 1. The number of hydrogen-bond donors (Lipinski definition) is 2. The van der Waals surface area contributed by atoms with Crippen LogP contribution in [0.1, 0.15) is 11.1 Å². The molecule has 0 radical (unpaired) electrons. The Morgan fingerprint density at radius 2 is 2.00 bits per heavy atom. The maximum atomic E-state index is 13.5. The predicted octanol–water partition coefficient (Wildman–Crippen LogP) is 3.12. The molecule has 0 bridgehead atoms. The molecule has 6 nitrogen and oxygen atoms in total. The fourth-order valence-electron chi connectivity index (χ4n) is 2.54. The second kappa shape index (κ2) is 9.14. The van der Waals surface area contributed by atoms with Gasteiger partial charge in [-0.3, -0.25) is 4.79 Å². The summed E-state index contributed by atoms with van der Waals surface area (Å²) < 4.78 is 15.2. The van der Waals surface area contributed by atoms with Crippen LogP contribution in [0.2, 0.25) is 0 Å². The van der Waals surface area contributed by atoms with Crippen molar-refractivity contribution in [1.29, 1.82) is 5.26 Å². The highest BCUT2D eigenvalue weighted by molar-refractivity contribution is 5.91. The molecule has 1 aromatic heterocycles. The number of nitrogens with one attached hydrogen (secondary N) is 2. The molecule has 3 rings (SSSR count). The first kappa shape index (κ1) is 18.9. The third-order valence-electron chi connectivity index (χ3n) is 3.92. The van der Waals surface area contributed by atoms with Crippen LogP contribution in [0.5, 0.6) is 0 Å². The van der Waals surface area contributed by atoms with E-state index in [2.05, 4.69) is 15.7 Å². The van der Waals surface area contributed by atoms with Gasteiger partial charge in [-0.15, -0.1) is 0 Å². The number of aromatic nitrogens is 2. The van der Waals surface area contributed by atoms with Gasteiger partial charge in [-0.1, -0.05) is 24.3 Å². The van der Waals surface area contributed by atoms with Crippen molar-refractivity contribution in [1.82, 2.24) is 15.1 Å². The van der Waals surface area contributed by atoms with Crippen molar-refractivity contribution in [2.45, 2.75) is 0 Å². The zero-order valence-corrected chi connectivity index (χ0v) is 15.0. The zero-order chi connectivity index (χ0) is 19.8. The highest BCUT2D eigenvalue weighted by atomic mass is 19.1. The molecule has 1 amide bonds. The third-order valence-corrected chi connectivity index (χ3v) is 3.92. The van der Waals surface area contributed by atoms with Gasteiger partial charge in [0.05, 0.1) is 17.6 Å². The van der Waals surface area contributed by atoms with Gasteiger partial charge in [0.2, 0.25) is 5.91 Å². The first-order chi connectivity index (χ1) is 13.7. The minimum Gasteiger partial charge on any atom is -0.382 e. The predicted molar refractivity (Wildman–Crippen MR) is 105 cm³/mol. The van der Waals surface area contributed by atoms with E-state index in [9.17, 15) is 9.18 Å². The van der Waals surface area contributed by atoms with Crippen molar-refractivity contribution in [2.75, 3.05) is 18.4 Å². The van der Waals surface area contributed by atoms with Crippen molar-refractivity contribution in [3.05, 3.63) is 83.9 Å². The number of benzene rings is 2. The lowest BCUT2D eigenvalue weighted by Gasteiger charge is -2.08. The summed E-state index contributed by atoms with van der Waals surface area (Å²) in [5.41, 5.74) is 2.10. The van der Waals surface area contributed by atoms with Crippen molar-refractivity contribution in [2.24, 2.45) is 0 Å². The molecule has 140 valence electrons. The lowest BCUT2D eigenvalue weighted by Crippen LogP contribution is -2.27. The Morgan fingerprint density at radius 1 is 1.18 bits per heavy atom. The maximum Gasteiger partial charge on any atom is 0.244 e. The third kappa shape index (κ3) is 4.83. The summed E-state index contributed by atoms with van der Waals surface area (Å²) in [6.45, 7) is 0.692. The number of carbonyl (C=O) groups excluding carboxylic acids is 1. The van der Waals surface area contributed by atoms with Gasteiger partial charge in [-0.2, -0.15) is 10.4 Å². The molecule has 3 aromatic rings. The molecule has 7 heteroatoms. The quantitative estimate of drug-likeness (QED) is 0.491. The van der Waals surface area contributed by atoms with Gasteiger partial charge >= 0.3 is 0 Å². The summed E-state index contributed by atoms with van der Waals surface area (Å²) >= 11 is 0. The number of nitrogens with zero attached hydrogens (tertiary/aromatic N) is 3. The molecule has 0 aliphatic rings. The molecule has 0 saturated heterocycles. The summed E-state index contributed by atoms with van der Waals surface area (Å²) in [4.78, 5) is 11.9. The number of halogens is 1. The van der Waals surface area contributed by atoms with Crippen LogP contribution in [0, 0.1) is 17.1 Å². The molecule has 1 heterocycles. The van der Waals surface area contributed by atoms with Crippen molar-refractivity contribution in [3.63, 3.8) is 0 Å². The van der Waals surface area contributed by atoms with E-state index < -0.39 is 5.82 Å². The molecule has 0 fully saturated rings. The summed E-state index contributed by atoms with van der Waals surface area (Å²) in [5.74, 6) is -0.829. The minimum atomic E-state index is -0.574. The number of para-hydroxylation sites is 1. The van der Waals surface area contributed by atoms with E-state index in [0.29, 0.717) is 18.8 Å². The van der Waals surface area contributed by atoms with Crippen LogP contribution in [0.25, 0.3) is 11.8 Å². The molecule has 0 saturated carbocycles. The Labute approximate surface area is 161 Å². The van der Waals surface area contributed by atoms with E-state index in [-0.39, 0.29) is 11.5 Å². The van der Waals surface area contributed by atoms with Crippen LogP contribution in [-0.4, -0.2) is 28.8 Å². The number of rotatable bonds is 7. The van der Waals surface area contributed by atoms with E-state index in [1.807, 2.05) is 42.6 Å². The van der Waals surface area contributed by atoms with Crippen LogP contribution in [0.3, 0.4) is 0 Å². The second-order valence-electron chi connectivity index (χ2n) is 5.88. The molecule has 0 spiro atoms. The molecule has 2 aromatic carbocycles. The zero-order valence-electron chi connectivity index (χ0n) is 15.0. The Kier molecular flexibility index (Phi) is 6.16. The van der Waals surface area contributed by atoms with Crippen molar-refractivity contribution < 1.29 is 9.18 Å². The lowest BCUT2D eigenvalue weighted by atomic mass is 10.2. The van der Waals surface area contributed by atoms with Crippen molar-refractivity contribution >= 4 is 17.7 Å².